The van der Waals surface area contributed by atoms with Gasteiger partial charge in [0.05, 0.1) is 7.11 Å². The maximum Gasteiger partial charge on any atom is 0.573 e. The number of alkyl halides is 3. The minimum atomic E-state index is -4.72. The molecule has 0 fully saturated rings. The first-order valence-electron chi connectivity index (χ1n) is 7.69. The number of hydroxylamine groups is 1. The number of aryl methyl sites for hydroxylation is 1. The summed E-state index contributed by atoms with van der Waals surface area (Å²) in [6, 6.07) is 8.75. The van der Waals surface area contributed by atoms with E-state index in [-0.39, 0.29) is 18.4 Å². The van der Waals surface area contributed by atoms with E-state index >= 15 is 0 Å². The Morgan fingerprint density at radius 3 is 2.54 bits per heavy atom. The predicted molar refractivity (Wildman–Crippen MR) is 87.0 cm³/mol. The predicted octanol–water partition coefficient (Wildman–Crippen LogP) is 3.32. The molecule has 1 N–H and O–H groups in total. The highest BCUT2D eigenvalue weighted by Crippen LogP contribution is 2.27. The molecule has 1 aromatic heterocycles. The highest BCUT2D eigenvalue weighted by molar-refractivity contribution is 5.97. The topological polar surface area (TPSA) is 65.0 Å². The average Bonchev–Trinajstić information content (AvgIpc) is 2.61. The molecule has 1 unspecified atom stereocenters. The zero-order valence-corrected chi connectivity index (χ0v) is 14.0. The van der Waals surface area contributed by atoms with Crippen molar-refractivity contribution in [1.29, 1.82) is 0 Å². The number of hydrogen-bond acceptors (Lipinski definition) is 6. The molecular formula is C17H16F3N3O3. The van der Waals surface area contributed by atoms with E-state index in [1.165, 1.54) is 31.4 Å². The van der Waals surface area contributed by atoms with E-state index in [9.17, 15) is 13.2 Å². The van der Waals surface area contributed by atoms with Crippen molar-refractivity contribution in [3.05, 3.63) is 53.2 Å². The fraction of sp³-hybridized carbons (Fsp3) is 0.294. The van der Waals surface area contributed by atoms with Crippen molar-refractivity contribution in [2.45, 2.75) is 19.3 Å². The Morgan fingerprint density at radius 1 is 1.15 bits per heavy atom. The van der Waals surface area contributed by atoms with Gasteiger partial charge in [-0.1, -0.05) is 18.2 Å². The number of ether oxygens (including phenoxy) is 2. The fourth-order valence-corrected chi connectivity index (χ4v) is 2.44. The van der Waals surface area contributed by atoms with Crippen molar-refractivity contribution >= 4 is 5.84 Å². The Bertz CT molecular complexity index is 807. The Morgan fingerprint density at radius 2 is 1.88 bits per heavy atom. The lowest BCUT2D eigenvalue weighted by atomic mass is 10.1. The van der Waals surface area contributed by atoms with Crippen LogP contribution in [-0.2, 0) is 4.84 Å². The van der Waals surface area contributed by atoms with E-state index in [4.69, 9.17) is 9.57 Å². The van der Waals surface area contributed by atoms with Crippen LogP contribution >= 0.6 is 0 Å². The lowest BCUT2D eigenvalue weighted by Gasteiger charge is -2.22. The molecule has 26 heavy (non-hydrogen) atoms. The molecule has 1 atom stereocenters. The highest BCUT2D eigenvalue weighted by Gasteiger charge is 2.31. The number of aromatic nitrogens is 1. The van der Waals surface area contributed by atoms with Gasteiger partial charge in [-0.15, -0.1) is 13.2 Å². The van der Waals surface area contributed by atoms with Crippen LogP contribution in [0.5, 0.6) is 11.6 Å². The molecule has 6 nitrogen and oxygen atoms in total. The molecule has 0 radical (unpaired) electrons. The van der Waals surface area contributed by atoms with Crippen LogP contribution in [0.25, 0.3) is 0 Å². The van der Waals surface area contributed by atoms with Crippen molar-refractivity contribution in [2.75, 3.05) is 13.7 Å². The summed E-state index contributed by atoms with van der Waals surface area (Å²) in [5.74, 6) is 0.600. The van der Waals surface area contributed by atoms with E-state index in [0.29, 0.717) is 23.0 Å². The maximum absolute atomic E-state index is 12.2. The fourth-order valence-electron chi connectivity index (χ4n) is 2.44. The van der Waals surface area contributed by atoms with Crippen molar-refractivity contribution < 1.29 is 27.5 Å². The van der Waals surface area contributed by atoms with E-state index < -0.39 is 6.36 Å². The number of nitrogens with zero attached hydrogens (tertiary/aromatic N) is 2. The number of nitrogens with one attached hydrogen (secondary N) is 1. The molecule has 2 heterocycles. The van der Waals surface area contributed by atoms with Gasteiger partial charge >= 0.3 is 6.36 Å². The monoisotopic (exact) mass is 367 g/mol. The summed E-state index contributed by atoms with van der Waals surface area (Å²) in [5.41, 5.74) is 4.82. The second kappa shape index (κ2) is 7.20. The van der Waals surface area contributed by atoms with Crippen LogP contribution in [0.1, 0.15) is 22.9 Å². The highest BCUT2D eigenvalue weighted by atomic mass is 19.4. The second-order valence-electron chi connectivity index (χ2n) is 5.55. The summed E-state index contributed by atoms with van der Waals surface area (Å²) in [6.45, 7) is 2.10. The molecule has 0 saturated carbocycles. The first-order chi connectivity index (χ1) is 12.4. The van der Waals surface area contributed by atoms with Gasteiger partial charge in [0.25, 0.3) is 0 Å². The van der Waals surface area contributed by atoms with Crippen molar-refractivity contribution in [3.8, 4) is 11.6 Å². The van der Waals surface area contributed by atoms with Crippen molar-refractivity contribution in [2.24, 2.45) is 4.99 Å². The number of aliphatic imine (C=N–C) groups is 1. The molecule has 1 aliphatic rings. The number of hydrogen-bond donors (Lipinski definition) is 1. The van der Waals surface area contributed by atoms with Crippen LogP contribution in [0.4, 0.5) is 13.2 Å². The second-order valence-corrected chi connectivity index (χ2v) is 5.55. The van der Waals surface area contributed by atoms with Crippen molar-refractivity contribution in [1.82, 2.24) is 10.5 Å². The molecule has 9 heteroatoms. The summed E-state index contributed by atoms with van der Waals surface area (Å²) in [7, 11) is 1.53. The molecule has 1 aromatic carbocycles. The van der Waals surface area contributed by atoms with Crippen LogP contribution in [0.3, 0.4) is 0 Å². The number of amidine groups is 1. The Labute approximate surface area is 147 Å². The third-order valence-electron chi connectivity index (χ3n) is 3.68. The summed E-state index contributed by atoms with van der Waals surface area (Å²) in [6.07, 6.45) is -4.72. The van der Waals surface area contributed by atoms with Crippen LogP contribution < -0.4 is 15.0 Å². The Kier molecular flexibility index (Phi) is 4.99. The first-order valence-corrected chi connectivity index (χ1v) is 7.69. The first kappa shape index (κ1) is 18.0. The molecule has 3 rings (SSSR count). The average molecular weight is 367 g/mol. The number of methoxy groups -OCH3 is 1. The van der Waals surface area contributed by atoms with Gasteiger partial charge in [-0.05, 0) is 30.7 Å². The van der Waals surface area contributed by atoms with E-state index in [1.54, 1.807) is 6.07 Å². The number of pyridine rings is 1. The lowest BCUT2D eigenvalue weighted by molar-refractivity contribution is -0.274. The van der Waals surface area contributed by atoms with Crippen LogP contribution in [0.2, 0.25) is 0 Å². The van der Waals surface area contributed by atoms with Gasteiger partial charge in [-0.3, -0.25) is 9.83 Å². The summed E-state index contributed by atoms with van der Waals surface area (Å²) < 4.78 is 45.8. The molecule has 0 bridgehead atoms. The van der Waals surface area contributed by atoms with Gasteiger partial charge in [-0.25, -0.2) is 10.5 Å². The minimum Gasteiger partial charge on any atom is -0.481 e. The molecule has 0 spiro atoms. The molecule has 1 aliphatic heterocycles. The molecule has 138 valence electrons. The van der Waals surface area contributed by atoms with Crippen molar-refractivity contribution in [3.63, 3.8) is 0 Å². The normalized spacial score (nSPS) is 17.3. The van der Waals surface area contributed by atoms with Gasteiger partial charge in [0, 0.05) is 5.56 Å². The van der Waals surface area contributed by atoms with Crippen LogP contribution in [0, 0.1) is 6.92 Å². The molecular weight excluding hydrogens is 351 g/mol. The number of rotatable bonds is 4. The largest absolute Gasteiger partial charge is 0.573 e. The number of halogens is 3. The summed E-state index contributed by atoms with van der Waals surface area (Å²) in [5, 5.41) is 0. The standard InChI is InChI=1S/C17H16F3N3O3/c1-10-3-8-13(22-16(10)24-2)15-21-14(9-25-23-15)11-4-6-12(7-5-11)26-17(18,19)20/h3-8,14H,9H2,1-2H3,(H,21,23). The molecule has 0 saturated heterocycles. The lowest BCUT2D eigenvalue weighted by Crippen LogP contribution is -2.33. The Hall–Kier alpha value is -2.81. The van der Waals surface area contributed by atoms with Gasteiger partial charge in [-0.2, -0.15) is 0 Å². The van der Waals surface area contributed by atoms with Gasteiger partial charge in [0.2, 0.25) is 5.88 Å². The molecule has 0 amide bonds. The zero-order valence-electron chi connectivity index (χ0n) is 14.0. The van der Waals surface area contributed by atoms with E-state index in [1.807, 2.05) is 13.0 Å². The van der Waals surface area contributed by atoms with Crippen LogP contribution in [0.15, 0.2) is 41.4 Å². The number of benzene rings is 1. The van der Waals surface area contributed by atoms with Gasteiger partial charge in [0.15, 0.2) is 5.84 Å². The molecule has 0 aliphatic carbocycles. The smallest absolute Gasteiger partial charge is 0.481 e. The third-order valence-corrected chi connectivity index (χ3v) is 3.68. The Balaban J connectivity index is 1.82. The summed E-state index contributed by atoms with van der Waals surface area (Å²) in [4.78, 5) is 14.2. The van der Waals surface area contributed by atoms with Gasteiger partial charge in [0.1, 0.15) is 24.1 Å². The third kappa shape index (κ3) is 4.23. The van der Waals surface area contributed by atoms with Crippen LogP contribution in [-0.4, -0.2) is 30.9 Å². The minimum absolute atomic E-state index is 0.228. The SMILES string of the molecule is COc1nc(C2=NC(c3ccc(OC(F)(F)F)cc3)CON2)ccc1C. The zero-order chi connectivity index (χ0) is 18.7. The van der Waals surface area contributed by atoms with E-state index in [0.717, 1.165) is 5.56 Å². The maximum atomic E-state index is 12.2. The summed E-state index contributed by atoms with van der Waals surface area (Å²) >= 11 is 0. The molecule has 2 aromatic rings. The van der Waals surface area contributed by atoms with E-state index in [2.05, 4.69) is 20.2 Å². The quantitative estimate of drug-likeness (QED) is 0.898. The van der Waals surface area contributed by atoms with Gasteiger partial charge < -0.3 is 9.47 Å².